The van der Waals surface area contributed by atoms with E-state index in [1.165, 1.54) is 0 Å². The Hall–Kier alpha value is -1.84. The predicted octanol–water partition coefficient (Wildman–Crippen LogP) is 2.36. The molecular formula is C18H23NO3. The van der Waals surface area contributed by atoms with E-state index in [1.54, 1.807) is 7.11 Å². The van der Waals surface area contributed by atoms with Crippen molar-refractivity contribution >= 4 is 11.7 Å². The van der Waals surface area contributed by atoms with E-state index in [9.17, 15) is 9.59 Å². The first-order chi connectivity index (χ1) is 10.7. The lowest BCUT2D eigenvalue weighted by Crippen LogP contribution is -2.38. The lowest BCUT2D eigenvalue weighted by Gasteiger charge is -2.25. The van der Waals surface area contributed by atoms with Crippen LogP contribution in [0.4, 0.5) is 0 Å². The molecule has 0 spiro atoms. The number of amides is 1. The number of carbonyl (C=O) groups is 2. The van der Waals surface area contributed by atoms with E-state index in [2.05, 4.69) is 5.32 Å². The Morgan fingerprint density at radius 1 is 1.27 bits per heavy atom. The summed E-state index contributed by atoms with van der Waals surface area (Å²) in [4.78, 5) is 24.2. The summed E-state index contributed by atoms with van der Waals surface area (Å²) in [5.74, 6) is 1.68. The standard InChI is InChI=1S/C18H23NO3/c1-22-16-4-2-3-12(9-16)7-8-19-18(21)15-10-13-5-6-14(11-15)17(13)20/h2-4,9,13-15H,5-8,10-11H2,1H3,(H,19,21). The summed E-state index contributed by atoms with van der Waals surface area (Å²) in [5.41, 5.74) is 1.15. The third kappa shape index (κ3) is 3.16. The molecule has 22 heavy (non-hydrogen) atoms. The van der Waals surface area contributed by atoms with Gasteiger partial charge in [0.1, 0.15) is 11.5 Å². The summed E-state index contributed by atoms with van der Waals surface area (Å²) in [6.45, 7) is 0.631. The molecule has 2 aliphatic carbocycles. The van der Waals surface area contributed by atoms with Crippen LogP contribution >= 0.6 is 0 Å². The maximum Gasteiger partial charge on any atom is 0.223 e. The Bertz CT molecular complexity index is 553. The second-order valence-corrected chi connectivity index (χ2v) is 6.43. The number of rotatable bonds is 5. The SMILES string of the molecule is COc1cccc(CCNC(=O)C2CC3CCC(C2)C3=O)c1. The maximum atomic E-state index is 12.3. The average molecular weight is 301 g/mol. The molecule has 4 nitrogen and oxygen atoms in total. The first kappa shape index (κ1) is 15.1. The van der Waals surface area contributed by atoms with Crippen molar-refractivity contribution in [1.82, 2.24) is 5.32 Å². The molecule has 4 heteroatoms. The van der Waals surface area contributed by atoms with Crippen LogP contribution in [-0.2, 0) is 16.0 Å². The number of hydrogen-bond acceptors (Lipinski definition) is 3. The minimum absolute atomic E-state index is 0.0282. The van der Waals surface area contributed by atoms with Crippen LogP contribution < -0.4 is 10.1 Å². The fourth-order valence-electron chi connectivity index (χ4n) is 3.79. The first-order valence-electron chi connectivity index (χ1n) is 8.11. The number of ketones is 1. The molecule has 2 atom stereocenters. The van der Waals surface area contributed by atoms with Crippen LogP contribution in [-0.4, -0.2) is 25.3 Å². The highest BCUT2D eigenvalue weighted by molar-refractivity contribution is 5.89. The van der Waals surface area contributed by atoms with E-state index in [0.29, 0.717) is 12.3 Å². The first-order valence-corrected chi connectivity index (χ1v) is 8.11. The minimum Gasteiger partial charge on any atom is -0.497 e. The number of nitrogens with one attached hydrogen (secondary N) is 1. The molecule has 0 aliphatic heterocycles. The van der Waals surface area contributed by atoms with Crippen molar-refractivity contribution in [3.05, 3.63) is 29.8 Å². The highest BCUT2D eigenvalue weighted by Crippen LogP contribution is 2.41. The van der Waals surface area contributed by atoms with Gasteiger partial charge in [-0.25, -0.2) is 0 Å². The summed E-state index contributed by atoms with van der Waals surface area (Å²) < 4.78 is 5.20. The van der Waals surface area contributed by atoms with Gasteiger partial charge in [-0.3, -0.25) is 9.59 Å². The van der Waals surface area contributed by atoms with Crippen molar-refractivity contribution in [3.63, 3.8) is 0 Å². The second kappa shape index (κ2) is 6.51. The zero-order chi connectivity index (χ0) is 15.5. The summed E-state index contributed by atoms with van der Waals surface area (Å²) in [6, 6.07) is 7.90. The van der Waals surface area contributed by atoms with Gasteiger partial charge < -0.3 is 10.1 Å². The number of benzene rings is 1. The molecule has 0 saturated heterocycles. The van der Waals surface area contributed by atoms with Gasteiger partial charge in [0.25, 0.3) is 0 Å². The molecule has 0 radical (unpaired) electrons. The van der Waals surface area contributed by atoms with Crippen molar-refractivity contribution in [1.29, 1.82) is 0 Å². The summed E-state index contributed by atoms with van der Waals surface area (Å²) >= 11 is 0. The maximum absolute atomic E-state index is 12.3. The van der Waals surface area contributed by atoms with Crippen LogP contribution in [0.1, 0.15) is 31.2 Å². The minimum atomic E-state index is 0.0282. The van der Waals surface area contributed by atoms with Gasteiger partial charge in [0.2, 0.25) is 5.91 Å². The van der Waals surface area contributed by atoms with E-state index in [-0.39, 0.29) is 23.7 Å². The van der Waals surface area contributed by atoms with Gasteiger partial charge in [-0.2, -0.15) is 0 Å². The van der Waals surface area contributed by atoms with Gasteiger partial charge in [0, 0.05) is 24.3 Å². The van der Waals surface area contributed by atoms with Crippen LogP contribution in [0.2, 0.25) is 0 Å². The Morgan fingerprint density at radius 3 is 2.68 bits per heavy atom. The molecule has 2 unspecified atom stereocenters. The molecule has 1 N–H and O–H groups in total. The quantitative estimate of drug-likeness (QED) is 0.908. The Morgan fingerprint density at radius 2 is 2.00 bits per heavy atom. The van der Waals surface area contributed by atoms with Crippen LogP contribution in [0.25, 0.3) is 0 Å². The summed E-state index contributed by atoms with van der Waals surface area (Å²) in [6.07, 6.45) is 4.26. The zero-order valence-corrected chi connectivity index (χ0v) is 13.0. The molecule has 2 aliphatic rings. The Labute approximate surface area is 131 Å². The van der Waals surface area contributed by atoms with E-state index in [1.807, 2.05) is 24.3 Å². The highest BCUT2D eigenvalue weighted by Gasteiger charge is 2.43. The van der Waals surface area contributed by atoms with Crippen molar-refractivity contribution in [2.75, 3.05) is 13.7 Å². The molecular weight excluding hydrogens is 278 g/mol. The lowest BCUT2D eigenvalue weighted by atomic mass is 9.79. The Kier molecular flexibility index (Phi) is 4.46. The average Bonchev–Trinajstić information content (AvgIpc) is 2.76. The molecule has 0 aromatic heterocycles. The van der Waals surface area contributed by atoms with Gasteiger partial charge >= 0.3 is 0 Å². The van der Waals surface area contributed by atoms with E-state index >= 15 is 0 Å². The van der Waals surface area contributed by atoms with Gasteiger partial charge in [0.15, 0.2) is 0 Å². The Balaban J connectivity index is 1.47. The van der Waals surface area contributed by atoms with Gasteiger partial charge in [0.05, 0.1) is 7.11 Å². The van der Waals surface area contributed by atoms with E-state index < -0.39 is 0 Å². The monoisotopic (exact) mass is 301 g/mol. The fraction of sp³-hybridized carbons (Fsp3) is 0.556. The smallest absolute Gasteiger partial charge is 0.223 e. The lowest BCUT2D eigenvalue weighted by molar-refractivity contribution is -0.132. The number of ether oxygens (including phenoxy) is 1. The van der Waals surface area contributed by atoms with Crippen LogP contribution in [0.3, 0.4) is 0 Å². The van der Waals surface area contributed by atoms with Crippen LogP contribution in [0.5, 0.6) is 5.75 Å². The number of carbonyl (C=O) groups excluding carboxylic acids is 2. The predicted molar refractivity (Wildman–Crippen MR) is 83.7 cm³/mol. The van der Waals surface area contributed by atoms with E-state index in [4.69, 9.17) is 4.74 Å². The third-order valence-corrected chi connectivity index (χ3v) is 5.02. The molecule has 3 rings (SSSR count). The summed E-state index contributed by atoms with van der Waals surface area (Å²) in [7, 11) is 1.65. The third-order valence-electron chi connectivity index (χ3n) is 5.02. The summed E-state index contributed by atoms with van der Waals surface area (Å²) in [5, 5.41) is 3.03. The van der Waals surface area contributed by atoms with Crippen molar-refractivity contribution < 1.29 is 14.3 Å². The molecule has 1 amide bonds. The highest BCUT2D eigenvalue weighted by atomic mass is 16.5. The molecule has 1 aromatic carbocycles. The van der Waals surface area contributed by atoms with Crippen molar-refractivity contribution in [2.45, 2.75) is 32.1 Å². The fourth-order valence-corrected chi connectivity index (χ4v) is 3.79. The normalized spacial score (nSPS) is 26.8. The van der Waals surface area contributed by atoms with Gasteiger partial charge in [-0.1, -0.05) is 12.1 Å². The molecule has 118 valence electrons. The van der Waals surface area contributed by atoms with Crippen LogP contribution in [0, 0.1) is 17.8 Å². The molecule has 0 heterocycles. The van der Waals surface area contributed by atoms with Crippen molar-refractivity contribution in [2.24, 2.45) is 17.8 Å². The van der Waals surface area contributed by atoms with Crippen LogP contribution in [0.15, 0.2) is 24.3 Å². The number of methoxy groups -OCH3 is 1. The topological polar surface area (TPSA) is 55.4 Å². The number of fused-ring (bicyclic) bond motifs is 2. The number of hydrogen-bond donors (Lipinski definition) is 1. The second-order valence-electron chi connectivity index (χ2n) is 6.43. The van der Waals surface area contributed by atoms with E-state index in [0.717, 1.165) is 43.4 Å². The largest absolute Gasteiger partial charge is 0.497 e. The molecule has 2 saturated carbocycles. The van der Waals surface area contributed by atoms with Gasteiger partial charge in [-0.15, -0.1) is 0 Å². The molecule has 2 bridgehead atoms. The van der Waals surface area contributed by atoms with Gasteiger partial charge in [-0.05, 0) is 49.8 Å². The van der Waals surface area contributed by atoms with Crippen molar-refractivity contribution in [3.8, 4) is 5.75 Å². The molecule has 1 aromatic rings. The number of Topliss-reactive ketones (excluding diaryl/α,β-unsaturated/α-hetero) is 1. The molecule has 2 fully saturated rings. The zero-order valence-electron chi connectivity index (χ0n) is 13.0.